The predicted octanol–water partition coefficient (Wildman–Crippen LogP) is 1.89. The third-order valence-corrected chi connectivity index (χ3v) is 8.07. The molecule has 0 aliphatic carbocycles. The van der Waals surface area contributed by atoms with E-state index in [2.05, 4.69) is 10.6 Å². The van der Waals surface area contributed by atoms with Gasteiger partial charge in [-0.25, -0.2) is 13.2 Å². The van der Waals surface area contributed by atoms with E-state index >= 15 is 0 Å². The van der Waals surface area contributed by atoms with E-state index in [9.17, 15) is 22.8 Å². The fourth-order valence-corrected chi connectivity index (χ4v) is 5.81. The van der Waals surface area contributed by atoms with Crippen LogP contribution >= 0.6 is 0 Å². The summed E-state index contributed by atoms with van der Waals surface area (Å²) in [6, 6.07) is 12.2. The molecule has 10 nitrogen and oxygen atoms in total. The van der Waals surface area contributed by atoms with Crippen LogP contribution in [0.25, 0.3) is 0 Å². The summed E-state index contributed by atoms with van der Waals surface area (Å²) in [5.41, 5.74) is -0.475. The summed E-state index contributed by atoms with van der Waals surface area (Å²) in [7, 11) is -3.70. The van der Waals surface area contributed by atoms with E-state index in [1.807, 2.05) is 0 Å². The first-order valence-corrected chi connectivity index (χ1v) is 12.4. The molecule has 2 N–H and O–H groups in total. The van der Waals surface area contributed by atoms with Crippen molar-refractivity contribution in [2.45, 2.75) is 30.7 Å². The zero-order valence-corrected chi connectivity index (χ0v) is 19.7. The summed E-state index contributed by atoms with van der Waals surface area (Å²) in [4.78, 5) is 39.6. The Morgan fingerprint density at radius 2 is 1.88 bits per heavy atom. The fraction of sp³-hybridized carbons (Fsp3) is 0.348. The first kappa shape index (κ1) is 23.7. The van der Waals surface area contributed by atoms with Crippen molar-refractivity contribution >= 4 is 33.6 Å². The number of hydrogen-bond donors (Lipinski definition) is 2. The second-order valence-electron chi connectivity index (χ2n) is 7.99. The number of rotatable bonds is 7. The van der Waals surface area contributed by atoms with Crippen LogP contribution in [-0.2, 0) is 25.2 Å². The lowest BCUT2D eigenvalue weighted by Gasteiger charge is -2.33. The Morgan fingerprint density at radius 1 is 1.15 bits per heavy atom. The van der Waals surface area contributed by atoms with Gasteiger partial charge < -0.3 is 15.4 Å². The molecule has 2 heterocycles. The molecule has 1 saturated heterocycles. The van der Waals surface area contributed by atoms with Crippen molar-refractivity contribution in [1.29, 1.82) is 0 Å². The van der Waals surface area contributed by atoms with E-state index < -0.39 is 40.0 Å². The molecule has 1 atom stereocenters. The number of para-hydroxylation sites is 1. The highest BCUT2D eigenvalue weighted by Gasteiger charge is 2.55. The molecule has 0 radical (unpaired) electrons. The van der Waals surface area contributed by atoms with Gasteiger partial charge >= 0.3 is 6.03 Å². The van der Waals surface area contributed by atoms with Crippen LogP contribution < -0.4 is 15.4 Å². The highest BCUT2D eigenvalue weighted by molar-refractivity contribution is 7.89. The second-order valence-corrected chi connectivity index (χ2v) is 9.92. The molecule has 11 heteroatoms. The Labute approximate surface area is 197 Å². The molecule has 2 aromatic carbocycles. The standard InChI is InChI=1S/C23H26N4O6S/c1-3-26(4-2)34(31,32)17-9-7-8-16(14-17)24-20(28)15-27-21(29)23(25-22(27)30)12-13-33-19-11-6-5-10-18(19)23/h5-11,14H,3-4,12-13,15H2,1-2H3,(H,24,28)(H,25,30). The molecule has 34 heavy (non-hydrogen) atoms. The largest absolute Gasteiger partial charge is 0.493 e. The van der Waals surface area contributed by atoms with Crippen molar-refractivity contribution in [3.8, 4) is 5.75 Å². The SMILES string of the molecule is CCN(CC)S(=O)(=O)c1cccc(NC(=O)CN2C(=O)NC3(CCOc4ccccc43)C2=O)c1. The monoisotopic (exact) mass is 486 g/mol. The van der Waals surface area contributed by atoms with Gasteiger partial charge in [0.25, 0.3) is 5.91 Å². The molecule has 180 valence electrons. The van der Waals surface area contributed by atoms with E-state index in [-0.39, 0.29) is 23.6 Å². The summed E-state index contributed by atoms with van der Waals surface area (Å²) in [6.45, 7) is 3.86. The van der Waals surface area contributed by atoms with Gasteiger partial charge in [0, 0.05) is 30.8 Å². The Kier molecular flexibility index (Phi) is 6.32. The highest BCUT2D eigenvalue weighted by atomic mass is 32.2. The normalized spacial score (nSPS) is 19.7. The average Bonchev–Trinajstić information content (AvgIpc) is 3.05. The number of ether oxygens (including phenoxy) is 1. The quantitative estimate of drug-likeness (QED) is 0.576. The lowest BCUT2D eigenvalue weighted by molar-refractivity contribution is -0.135. The third kappa shape index (κ3) is 4.01. The smallest absolute Gasteiger partial charge is 0.325 e. The fourth-order valence-electron chi connectivity index (χ4n) is 4.31. The van der Waals surface area contributed by atoms with Crippen molar-refractivity contribution in [2.75, 3.05) is 31.6 Å². The number of imide groups is 1. The van der Waals surface area contributed by atoms with Crippen LogP contribution in [0.4, 0.5) is 10.5 Å². The van der Waals surface area contributed by atoms with Gasteiger partial charge in [0.2, 0.25) is 15.9 Å². The predicted molar refractivity (Wildman–Crippen MR) is 124 cm³/mol. The van der Waals surface area contributed by atoms with E-state index in [1.54, 1.807) is 44.2 Å². The zero-order valence-electron chi connectivity index (χ0n) is 18.9. The van der Waals surface area contributed by atoms with Crippen molar-refractivity contribution in [2.24, 2.45) is 0 Å². The molecule has 1 fully saturated rings. The maximum atomic E-state index is 13.3. The van der Waals surface area contributed by atoms with Crippen molar-refractivity contribution in [3.05, 3.63) is 54.1 Å². The van der Waals surface area contributed by atoms with Crippen LogP contribution in [0.1, 0.15) is 25.8 Å². The third-order valence-electron chi connectivity index (χ3n) is 6.02. The Bertz CT molecular complexity index is 1240. The molecule has 0 aromatic heterocycles. The molecular formula is C23H26N4O6S. The minimum Gasteiger partial charge on any atom is -0.493 e. The lowest BCUT2D eigenvalue weighted by Crippen LogP contribution is -2.48. The van der Waals surface area contributed by atoms with Crippen molar-refractivity contribution in [3.63, 3.8) is 0 Å². The first-order chi connectivity index (χ1) is 16.2. The Morgan fingerprint density at radius 3 is 2.62 bits per heavy atom. The zero-order chi connectivity index (χ0) is 24.5. The van der Waals surface area contributed by atoms with Crippen LogP contribution in [0.15, 0.2) is 53.4 Å². The highest BCUT2D eigenvalue weighted by Crippen LogP contribution is 2.40. The maximum absolute atomic E-state index is 13.3. The summed E-state index contributed by atoms with van der Waals surface area (Å²) in [6.07, 6.45) is 0.248. The summed E-state index contributed by atoms with van der Waals surface area (Å²) in [5, 5.41) is 5.33. The molecule has 1 spiro atoms. The number of nitrogens with one attached hydrogen (secondary N) is 2. The second kappa shape index (κ2) is 9.07. The number of amides is 4. The van der Waals surface area contributed by atoms with Crippen LogP contribution in [-0.4, -0.2) is 61.7 Å². The number of sulfonamides is 1. The van der Waals surface area contributed by atoms with Gasteiger partial charge in [-0.15, -0.1) is 0 Å². The number of hydrogen-bond acceptors (Lipinski definition) is 6. The molecule has 0 saturated carbocycles. The van der Waals surface area contributed by atoms with Gasteiger partial charge in [-0.2, -0.15) is 4.31 Å². The van der Waals surface area contributed by atoms with Gasteiger partial charge in [-0.05, 0) is 24.3 Å². The molecule has 1 unspecified atom stereocenters. The minimum absolute atomic E-state index is 0.0433. The van der Waals surface area contributed by atoms with Gasteiger partial charge in [-0.1, -0.05) is 38.1 Å². The van der Waals surface area contributed by atoms with Gasteiger partial charge in [0.15, 0.2) is 5.54 Å². The molecule has 2 aliphatic heterocycles. The van der Waals surface area contributed by atoms with Crippen LogP contribution in [0, 0.1) is 0 Å². The van der Waals surface area contributed by atoms with E-state index in [1.165, 1.54) is 22.5 Å². The van der Waals surface area contributed by atoms with Crippen LogP contribution in [0.5, 0.6) is 5.75 Å². The molecule has 0 bridgehead atoms. The van der Waals surface area contributed by atoms with E-state index in [4.69, 9.17) is 4.74 Å². The Hall–Kier alpha value is -3.44. The average molecular weight is 487 g/mol. The Balaban J connectivity index is 1.51. The maximum Gasteiger partial charge on any atom is 0.325 e. The summed E-state index contributed by atoms with van der Waals surface area (Å²) >= 11 is 0. The number of benzene rings is 2. The number of fused-ring (bicyclic) bond motifs is 2. The number of urea groups is 1. The number of nitrogens with zero attached hydrogens (tertiary/aromatic N) is 2. The minimum atomic E-state index is -3.70. The van der Waals surface area contributed by atoms with Gasteiger partial charge in [-0.3, -0.25) is 14.5 Å². The number of carbonyl (C=O) groups excluding carboxylic acids is 3. The summed E-state index contributed by atoms with van der Waals surface area (Å²) in [5.74, 6) is -0.639. The first-order valence-electron chi connectivity index (χ1n) is 11.0. The molecule has 4 rings (SSSR count). The van der Waals surface area contributed by atoms with Crippen molar-refractivity contribution < 1.29 is 27.5 Å². The van der Waals surface area contributed by atoms with E-state index in [0.717, 1.165) is 4.90 Å². The number of carbonyl (C=O) groups is 3. The van der Waals surface area contributed by atoms with Crippen molar-refractivity contribution in [1.82, 2.24) is 14.5 Å². The molecule has 4 amide bonds. The van der Waals surface area contributed by atoms with Crippen LogP contribution in [0.2, 0.25) is 0 Å². The number of anilines is 1. The molecule has 2 aromatic rings. The van der Waals surface area contributed by atoms with Gasteiger partial charge in [0.1, 0.15) is 12.3 Å². The van der Waals surface area contributed by atoms with E-state index in [0.29, 0.717) is 24.4 Å². The van der Waals surface area contributed by atoms with Crippen LogP contribution in [0.3, 0.4) is 0 Å². The summed E-state index contributed by atoms with van der Waals surface area (Å²) < 4.78 is 32.5. The lowest BCUT2D eigenvalue weighted by atomic mass is 9.84. The topological polar surface area (TPSA) is 125 Å². The van der Waals surface area contributed by atoms with Gasteiger partial charge in [0.05, 0.1) is 11.5 Å². The molecular weight excluding hydrogens is 460 g/mol. The molecule has 2 aliphatic rings.